The molecule has 172 valence electrons. The Bertz CT molecular complexity index is 810. The topological polar surface area (TPSA) is 27.7 Å². The number of hydrogen-bond donors (Lipinski definition) is 0. The lowest BCUT2D eigenvalue weighted by Gasteiger charge is -2.37. The first-order chi connectivity index (χ1) is 14.5. The Kier molecular flexibility index (Phi) is 7.99. The summed E-state index contributed by atoms with van der Waals surface area (Å²) in [4.78, 5) is 0. The fourth-order valence-corrected chi connectivity index (χ4v) is 3.28. The predicted octanol–water partition coefficient (Wildman–Crippen LogP) is 6.60. The first-order valence-electron chi connectivity index (χ1n) is 9.58. The van der Waals surface area contributed by atoms with Gasteiger partial charge in [-0.25, -0.2) is 0 Å². The molecule has 0 amide bonds. The van der Waals surface area contributed by atoms with Crippen molar-refractivity contribution in [3.8, 4) is 5.75 Å². The molecule has 1 aliphatic carbocycles. The summed E-state index contributed by atoms with van der Waals surface area (Å²) in [7, 11) is 0.943. The third kappa shape index (κ3) is 5.33. The summed E-state index contributed by atoms with van der Waals surface area (Å²) in [6.45, 7) is 4.27. The summed E-state index contributed by atoms with van der Waals surface area (Å²) in [6, 6.07) is 2.67. The van der Waals surface area contributed by atoms with Gasteiger partial charge in [0.2, 0.25) is 0 Å². The molecule has 0 spiro atoms. The normalized spacial score (nSPS) is 17.4. The number of allylic oxidation sites excluding steroid dienone is 4. The van der Waals surface area contributed by atoms with Gasteiger partial charge in [0.15, 0.2) is 0 Å². The summed E-state index contributed by atoms with van der Waals surface area (Å²) < 4.78 is 97.2. The van der Waals surface area contributed by atoms with Crippen LogP contribution in [-0.2, 0) is 21.5 Å². The van der Waals surface area contributed by atoms with E-state index in [0.29, 0.717) is 12.2 Å². The van der Waals surface area contributed by atoms with Crippen molar-refractivity contribution < 1.29 is 40.6 Å². The molecule has 1 atom stereocenters. The number of rotatable bonds is 9. The second-order valence-electron chi connectivity index (χ2n) is 7.01. The Morgan fingerprint density at radius 3 is 2.35 bits per heavy atom. The van der Waals surface area contributed by atoms with Crippen molar-refractivity contribution in [3.05, 3.63) is 66.0 Å². The zero-order chi connectivity index (χ0) is 23.3. The molecule has 0 aromatic heterocycles. The van der Waals surface area contributed by atoms with Gasteiger partial charge in [-0.15, -0.1) is 6.58 Å². The number of benzene rings is 1. The minimum atomic E-state index is -5.78. The largest absolute Gasteiger partial charge is 0.457 e. The Morgan fingerprint density at radius 1 is 1.13 bits per heavy atom. The molecule has 3 nitrogen and oxygen atoms in total. The number of aryl methyl sites for hydroxylation is 1. The molecule has 0 aliphatic heterocycles. The summed E-state index contributed by atoms with van der Waals surface area (Å²) in [5.74, 6) is 0.644. The van der Waals surface area contributed by atoms with Crippen molar-refractivity contribution in [1.29, 1.82) is 0 Å². The SMILES string of the molecule is C=CC1C=C(Oc2ccc(C(OCOC)(C(F)(F)F)C(F)(F)F)cc2CCC)C=CC1. The van der Waals surface area contributed by atoms with Crippen LogP contribution in [0.5, 0.6) is 5.75 Å². The highest BCUT2D eigenvalue weighted by Crippen LogP contribution is 2.53. The molecule has 1 aliphatic rings. The molecule has 0 radical (unpaired) electrons. The Morgan fingerprint density at radius 2 is 1.81 bits per heavy atom. The minimum absolute atomic E-state index is 0.0273. The fraction of sp³-hybridized carbons (Fsp3) is 0.455. The molecule has 1 aromatic carbocycles. The third-order valence-electron chi connectivity index (χ3n) is 4.78. The van der Waals surface area contributed by atoms with Crippen molar-refractivity contribution in [1.82, 2.24) is 0 Å². The van der Waals surface area contributed by atoms with Gasteiger partial charge in [-0.3, -0.25) is 0 Å². The molecule has 0 N–H and O–H groups in total. The van der Waals surface area contributed by atoms with Crippen LogP contribution in [0.1, 0.15) is 30.9 Å². The lowest BCUT2D eigenvalue weighted by molar-refractivity contribution is -0.400. The minimum Gasteiger partial charge on any atom is -0.457 e. The fourth-order valence-electron chi connectivity index (χ4n) is 3.28. The summed E-state index contributed by atoms with van der Waals surface area (Å²) in [5, 5.41) is 0. The lowest BCUT2D eigenvalue weighted by Crippen LogP contribution is -2.56. The second kappa shape index (κ2) is 9.91. The molecular formula is C22H24F6O3. The van der Waals surface area contributed by atoms with Gasteiger partial charge in [0, 0.05) is 18.6 Å². The van der Waals surface area contributed by atoms with Crippen LogP contribution in [0.2, 0.25) is 0 Å². The van der Waals surface area contributed by atoms with Gasteiger partial charge in [0.05, 0.1) is 0 Å². The number of ether oxygens (including phenoxy) is 3. The zero-order valence-corrected chi connectivity index (χ0v) is 17.1. The molecule has 0 bridgehead atoms. The highest BCUT2D eigenvalue weighted by Gasteiger charge is 2.73. The van der Waals surface area contributed by atoms with Gasteiger partial charge < -0.3 is 14.2 Å². The quantitative estimate of drug-likeness (QED) is 0.241. The van der Waals surface area contributed by atoms with E-state index in [1.165, 1.54) is 0 Å². The lowest BCUT2D eigenvalue weighted by atomic mass is 9.89. The summed E-state index contributed by atoms with van der Waals surface area (Å²) in [6.07, 6.45) is -3.08. The van der Waals surface area contributed by atoms with E-state index < -0.39 is 30.3 Å². The maximum Gasteiger partial charge on any atom is 0.430 e. The predicted molar refractivity (Wildman–Crippen MR) is 103 cm³/mol. The molecule has 9 heteroatoms. The molecule has 1 aromatic rings. The van der Waals surface area contributed by atoms with E-state index in [0.717, 1.165) is 31.7 Å². The summed E-state index contributed by atoms with van der Waals surface area (Å²) >= 11 is 0. The van der Waals surface area contributed by atoms with Gasteiger partial charge in [-0.05, 0) is 42.7 Å². The Balaban J connectivity index is 2.57. The first kappa shape index (κ1) is 25.0. The molecule has 31 heavy (non-hydrogen) atoms. The van der Waals surface area contributed by atoms with E-state index in [2.05, 4.69) is 16.1 Å². The van der Waals surface area contributed by atoms with Crippen LogP contribution in [0.15, 0.2) is 54.8 Å². The maximum atomic E-state index is 13.8. The molecular weight excluding hydrogens is 426 g/mol. The number of hydrogen-bond acceptors (Lipinski definition) is 3. The van der Waals surface area contributed by atoms with E-state index in [1.54, 1.807) is 25.2 Å². The van der Waals surface area contributed by atoms with Crippen molar-refractivity contribution in [2.45, 2.75) is 44.1 Å². The van der Waals surface area contributed by atoms with E-state index in [-0.39, 0.29) is 23.7 Å². The smallest absolute Gasteiger partial charge is 0.430 e. The van der Waals surface area contributed by atoms with Gasteiger partial charge in [0.1, 0.15) is 18.3 Å². The van der Waals surface area contributed by atoms with Crippen molar-refractivity contribution in [2.75, 3.05) is 13.9 Å². The Labute approximate surface area is 177 Å². The first-order valence-corrected chi connectivity index (χ1v) is 9.58. The van der Waals surface area contributed by atoms with Crippen LogP contribution in [-0.4, -0.2) is 26.3 Å². The van der Waals surface area contributed by atoms with Gasteiger partial charge in [-0.2, -0.15) is 26.3 Å². The third-order valence-corrected chi connectivity index (χ3v) is 4.78. The van der Waals surface area contributed by atoms with E-state index in [1.807, 2.05) is 6.08 Å². The highest BCUT2D eigenvalue weighted by molar-refractivity contribution is 5.43. The van der Waals surface area contributed by atoms with E-state index >= 15 is 0 Å². The Hall–Kier alpha value is -2.26. The van der Waals surface area contributed by atoms with Crippen molar-refractivity contribution in [3.63, 3.8) is 0 Å². The molecule has 0 saturated heterocycles. The van der Waals surface area contributed by atoms with Crippen molar-refractivity contribution >= 4 is 0 Å². The average molecular weight is 450 g/mol. The molecule has 1 unspecified atom stereocenters. The van der Waals surface area contributed by atoms with Gasteiger partial charge >= 0.3 is 12.4 Å². The molecule has 0 fully saturated rings. The van der Waals surface area contributed by atoms with Crippen LogP contribution in [0.4, 0.5) is 26.3 Å². The van der Waals surface area contributed by atoms with Crippen LogP contribution < -0.4 is 4.74 Å². The molecule has 0 heterocycles. The molecule has 0 saturated carbocycles. The number of alkyl halides is 6. The second-order valence-corrected chi connectivity index (χ2v) is 7.01. The van der Waals surface area contributed by atoms with Crippen LogP contribution >= 0.6 is 0 Å². The highest BCUT2D eigenvalue weighted by atomic mass is 19.4. The maximum absolute atomic E-state index is 13.8. The van der Waals surface area contributed by atoms with Gasteiger partial charge in [-0.1, -0.05) is 31.6 Å². The van der Waals surface area contributed by atoms with Crippen molar-refractivity contribution in [2.24, 2.45) is 5.92 Å². The van der Waals surface area contributed by atoms with Crippen LogP contribution in [0, 0.1) is 5.92 Å². The average Bonchev–Trinajstić information content (AvgIpc) is 2.68. The van der Waals surface area contributed by atoms with Gasteiger partial charge in [0.25, 0.3) is 5.60 Å². The zero-order valence-electron chi connectivity index (χ0n) is 17.1. The number of methoxy groups -OCH3 is 1. The van der Waals surface area contributed by atoms with Crippen LogP contribution in [0.3, 0.4) is 0 Å². The molecule has 2 rings (SSSR count). The van der Waals surface area contributed by atoms with E-state index in [9.17, 15) is 26.3 Å². The standard InChI is InChI=1S/C22H24F6O3/c1-4-7-16-13-17(20(21(23,24)25,22(26,27)28)30-14-29-3)10-11-19(16)31-18-9-6-8-15(5-2)12-18/h5-6,9-13,15H,2,4,7-8,14H2,1,3H3. The van der Waals surface area contributed by atoms with Crippen LogP contribution in [0.25, 0.3) is 0 Å². The summed E-state index contributed by atoms with van der Waals surface area (Å²) in [5.41, 5.74) is -5.42. The number of halogens is 6. The van der Waals surface area contributed by atoms with E-state index in [4.69, 9.17) is 4.74 Å². The monoisotopic (exact) mass is 450 g/mol.